The second kappa shape index (κ2) is 7.22. The molecule has 0 radical (unpaired) electrons. The van der Waals surface area contributed by atoms with Crippen LogP contribution >= 0.6 is 11.6 Å². The third kappa shape index (κ3) is 4.56. The minimum atomic E-state index is -0.283. The first-order chi connectivity index (χ1) is 10.1. The summed E-state index contributed by atoms with van der Waals surface area (Å²) in [5.41, 5.74) is 4.91. The monoisotopic (exact) mass is 303 g/mol. The molecule has 0 saturated heterocycles. The molecule has 0 aliphatic carbocycles. The lowest BCUT2D eigenvalue weighted by molar-refractivity contribution is 0.0953. The number of carbonyl (C=O) groups is 1. The molecule has 0 aromatic heterocycles. The quantitative estimate of drug-likeness (QED) is 0.507. The zero-order chi connectivity index (χ0) is 15.2. The van der Waals surface area contributed by atoms with E-state index >= 15 is 0 Å². The highest BCUT2D eigenvalue weighted by atomic mass is 35.5. The van der Waals surface area contributed by atoms with Crippen molar-refractivity contribution in [3.05, 3.63) is 70.2 Å². The Morgan fingerprint density at radius 2 is 1.76 bits per heavy atom. The van der Waals surface area contributed by atoms with E-state index in [-0.39, 0.29) is 5.91 Å². The Hall–Kier alpha value is -1.88. The van der Waals surface area contributed by atoms with E-state index in [1.807, 2.05) is 49.5 Å². The Labute approximate surface area is 129 Å². The lowest BCUT2D eigenvalue weighted by Crippen LogP contribution is -2.30. The smallest absolute Gasteiger partial charge is 0.265 e. The summed E-state index contributed by atoms with van der Waals surface area (Å²) in [7, 11) is 2.02. The molecule has 5 heteroatoms. The van der Waals surface area contributed by atoms with Gasteiger partial charge in [0, 0.05) is 23.7 Å². The summed E-state index contributed by atoms with van der Waals surface area (Å²) in [5, 5.41) is 0.738. The van der Waals surface area contributed by atoms with E-state index in [4.69, 9.17) is 17.4 Å². The molecule has 0 aliphatic heterocycles. The van der Waals surface area contributed by atoms with Gasteiger partial charge in [-0.2, -0.15) is 0 Å². The molecule has 0 bridgehead atoms. The highest BCUT2D eigenvalue weighted by Gasteiger charge is 2.06. The standard InChI is InChI=1S/C16H18ClN3O/c1-20(11-13-5-3-7-15(17)9-13)10-12-4-2-6-14(8-12)16(21)19-18/h2-9H,10-11,18H2,1H3,(H,19,21). The first-order valence-electron chi connectivity index (χ1n) is 6.61. The van der Waals surface area contributed by atoms with Gasteiger partial charge in [-0.25, -0.2) is 5.84 Å². The van der Waals surface area contributed by atoms with E-state index in [1.165, 1.54) is 0 Å². The Kier molecular flexibility index (Phi) is 5.33. The number of carbonyl (C=O) groups excluding carboxylic acids is 1. The van der Waals surface area contributed by atoms with Crippen molar-refractivity contribution in [3.8, 4) is 0 Å². The van der Waals surface area contributed by atoms with Gasteiger partial charge in [-0.15, -0.1) is 0 Å². The minimum Gasteiger partial charge on any atom is -0.298 e. The van der Waals surface area contributed by atoms with Gasteiger partial charge in [0.1, 0.15) is 0 Å². The molecule has 2 aromatic carbocycles. The number of hydrogen-bond acceptors (Lipinski definition) is 3. The maximum absolute atomic E-state index is 11.5. The molecule has 4 nitrogen and oxygen atoms in total. The lowest BCUT2D eigenvalue weighted by atomic mass is 10.1. The summed E-state index contributed by atoms with van der Waals surface area (Å²) in [6, 6.07) is 15.2. The first-order valence-corrected chi connectivity index (χ1v) is 6.99. The van der Waals surface area contributed by atoms with Crippen molar-refractivity contribution in [1.82, 2.24) is 10.3 Å². The van der Waals surface area contributed by atoms with Crippen molar-refractivity contribution < 1.29 is 4.79 Å². The van der Waals surface area contributed by atoms with Crippen molar-refractivity contribution in [1.29, 1.82) is 0 Å². The number of amides is 1. The summed E-state index contributed by atoms with van der Waals surface area (Å²) < 4.78 is 0. The van der Waals surface area contributed by atoms with E-state index < -0.39 is 0 Å². The number of halogens is 1. The second-order valence-corrected chi connectivity index (χ2v) is 5.41. The number of hydrazine groups is 1. The van der Waals surface area contributed by atoms with Crippen LogP contribution in [-0.2, 0) is 13.1 Å². The largest absolute Gasteiger partial charge is 0.298 e. The van der Waals surface area contributed by atoms with Gasteiger partial charge in [0.05, 0.1) is 0 Å². The molecule has 0 aliphatic rings. The van der Waals surface area contributed by atoms with Crippen LogP contribution in [0, 0.1) is 0 Å². The maximum atomic E-state index is 11.5. The molecule has 0 heterocycles. The Morgan fingerprint density at radius 1 is 1.14 bits per heavy atom. The zero-order valence-electron chi connectivity index (χ0n) is 11.8. The SMILES string of the molecule is CN(Cc1cccc(Cl)c1)Cc1cccc(C(=O)NN)c1. The Balaban J connectivity index is 2.02. The zero-order valence-corrected chi connectivity index (χ0v) is 12.6. The van der Waals surface area contributed by atoms with E-state index in [0.29, 0.717) is 5.56 Å². The summed E-state index contributed by atoms with van der Waals surface area (Å²) in [4.78, 5) is 13.7. The molecular weight excluding hydrogens is 286 g/mol. The fourth-order valence-corrected chi connectivity index (χ4v) is 2.42. The summed E-state index contributed by atoms with van der Waals surface area (Å²) in [5.74, 6) is 4.87. The average molecular weight is 304 g/mol. The summed E-state index contributed by atoms with van der Waals surface area (Å²) in [6.45, 7) is 1.52. The molecule has 0 saturated carbocycles. The van der Waals surface area contributed by atoms with E-state index in [1.54, 1.807) is 6.07 Å². The van der Waals surface area contributed by atoms with Crippen LogP contribution in [-0.4, -0.2) is 17.9 Å². The third-order valence-electron chi connectivity index (χ3n) is 3.11. The van der Waals surface area contributed by atoms with Crippen LogP contribution in [0.5, 0.6) is 0 Å². The van der Waals surface area contributed by atoms with Gasteiger partial charge in [0.2, 0.25) is 0 Å². The molecule has 110 valence electrons. The number of nitrogens with zero attached hydrogens (tertiary/aromatic N) is 1. The highest BCUT2D eigenvalue weighted by Crippen LogP contribution is 2.14. The van der Waals surface area contributed by atoms with Crippen LogP contribution in [0.4, 0.5) is 0 Å². The number of nitrogen functional groups attached to an aromatic ring is 1. The molecule has 0 fully saturated rings. The van der Waals surface area contributed by atoms with Crippen molar-refractivity contribution in [3.63, 3.8) is 0 Å². The summed E-state index contributed by atoms with van der Waals surface area (Å²) in [6.07, 6.45) is 0. The van der Waals surface area contributed by atoms with Crippen molar-refractivity contribution in [2.24, 2.45) is 5.84 Å². The van der Waals surface area contributed by atoms with Crippen molar-refractivity contribution >= 4 is 17.5 Å². The molecule has 0 spiro atoms. The normalized spacial score (nSPS) is 10.7. The number of rotatable bonds is 5. The molecule has 3 N–H and O–H groups in total. The van der Waals surface area contributed by atoms with Crippen LogP contribution in [0.1, 0.15) is 21.5 Å². The van der Waals surface area contributed by atoms with Crippen molar-refractivity contribution in [2.45, 2.75) is 13.1 Å². The topological polar surface area (TPSA) is 58.4 Å². The third-order valence-corrected chi connectivity index (χ3v) is 3.35. The predicted molar refractivity (Wildman–Crippen MR) is 84.7 cm³/mol. The van der Waals surface area contributed by atoms with Crippen LogP contribution in [0.3, 0.4) is 0 Å². The molecule has 2 rings (SSSR count). The van der Waals surface area contributed by atoms with Crippen LogP contribution in [0.15, 0.2) is 48.5 Å². The molecule has 0 unspecified atom stereocenters. The number of benzene rings is 2. The van der Waals surface area contributed by atoms with Gasteiger partial charge < -0.3 is 0 Å². The van der Waals surface area contributed by atoms with Gasteiger partial charge >= 0.3 is 0 Å². The Morgan fingerprint density at radius 3 is 2.38 bits per heavy atom. The first kappa shape index (κ1) is 15.5. The van der Waals surface area contributed by atoms with Gasteiger partial charge in [-0.05, 0) is 42.4 Å². The maximum Gasteiger partial charge on any atom is 0.265 e. The molecule has 2 aromatic rings. The predicted octanol–water partition coefficient (Wildman–Crippen LogP) is 2.58. The fraction of sp³-hybridized carbons (Fsp3) is 0.188. The van der Waals surface area contributed by atoms with Gasteiger partial charge in [-0.3, -0.25) is 15.1 Å². The minimum absolute atomic E-state index is 0.283. The van der Waals surface area contributed by atoms with E-state index in [9.17, 15) is 4.79 Å². The van der Waals surface area contributed by atoms with Gasteiger partial charge in [0.25, 0.3) is 5.91 Å². The van der Waals surface area contributed by atoms with Gasteiger partial charge in [0.15, 0.2) is 0 Å². The highest BCUT2D eigenvalue weighted by molar-refractivity contribution is 6.30. The average Bonchev–Trinajstić information content (AvgIpc) is 2.46. The van der Waals surface area contributed by atoms with E-state index in [0.717, 1.165) is 29.2 Å². The number of hydrogen-bond donors (Lipinski definition) is 2. The second-order valence-electron chi connectivity index (χ2n) is 4.98. The number of nitrogens with two attached hydrogens (primary N) is 1. The van der Waals surface area contributed by atoms with E-state index in [2.05, 4.69) is 10.3 Å². The van der Waals surface area contributed by atoms with Gasteiger partial charge in [-0.1, -0.05) is 35.9 Å². The van der Waals surface area contributed by atoms with Crippen LogP contribution in [0.2, 0.25) is 5.02 Å². The fourth-order valence-electron chi connectivity index (χ4n) is 2.21. The van der Waals surface area contributed by atoms with Crippen LogP contribution in [0.25, 0.3) is 0 Å². The molecule has 0 atom stereocenters. The van der Waals surface area contributed by atoms with Crippen LogP contribution < -0.4 is 11.3 Å². The molecule has 21 heavy (non-hydrogen) atoms. The molecular formula is C16H18ClN3O. The van der Waals surface area contributed by atoms with Crippen molar-refractivity contribution in [2.75, 3.05) is 7.05 Å². The molecule has 1 amide bonds. The lowest BCUT2D eigenvalue weighted by Gasteiger charge is -2.17. The Bertz CT molecular complexity index is 630. The number of nitrogens with one attached hydrogen (secondary N) is 1. The summed E-state index contributed by atoms with van der Waals surface area (Å²) >= 11 is 5.99.